The predicted octanol–water partition coefficient (Wildman–Crippen LogP) is 1.49. The molecule has 4 heteroatoms. The summed E-state index contributed by atoms with van der Waals surface area (Å²) in [6, 6.07) is 0. The summed E-state index contributed by atoms with van der Waals surface area (Å²) in [5.74, 6) is 0.718. The molecule has 0 aromatic carbocycles. The fourth-order valence-corrected chi connectivity index (χ4v) is 3.65. The lowest BCUT2D eigenvalue weighted by Gasteiger charge is -2.39. The van der Waals surface area contributed by atoms with E-state index in [1.54, 1.807) is 0 Å². The average molecular weight is 284 g/mol. The molecule has 1 atom stereocenters. The van der Waals surface area contributed by atoms with Gasteiger partial charge in [-0.25, -0.2) is 0 Å². The van der Waals surface area contributed by atoms with Crippen molar-refractivity contribution < 1.29 is 9.84 Å². The van der Waals surface area contributed by atoms with Crippen LogP contribution in [0.25, 0.3) is 0 Å². The molecule has 118 valence electrons. The van der Waals surface area contributed by atoms with Gasteiger partial charge >= 0.3 is 0 Å². The largest absolute Gasteiger partial charge is 0.394 e. The minimum absolute atomic E-state index is 0.0193. The number of ether oxygens (including phenoxy) is 1. The Morgan fingerprint density at radius 2 is 2.10 bits per heavy atom. The summed E-state index contributed by atoms with van der Waals surface area (Å²) in [5.41, 5.74) is 0.451. The third-order valence-electron chi connectivity index (χ3n) is 4.70. The lowest BCUT2D eigenvalue weighted by atomic mass is 9.85. The Balaban J connectivity index is 1.84. The van der Waals surface area contributed by atoms with Gasteiger partial charge in [0.05, 0.1) is 19.3 Å². The molecule has 2 aliphatic rings. The molecule has 2 rings (SSSR count). The first kappa shape index (κ1) is 16.2. The van der Waals surface area contributed by atoms with Gasteiger partial charge in [-0.05, 0) is 30.7 Å². The van der Waals surface area contributed by atoms with Crippen LogP contribution in [-0.2, 0) is 4.74 Å². The van der Waals surface area contributed by atoms with Crippen LogP contribution in [0.5, 0.6) is 0 Å². The van der Waals surface area contributed by atoms with Gasteiger partial charge in [0.2, 0.25) is 0 Å². The summed E-state index contributed by atoms with van der Waals surface area (Å²) in [4.78, 5) is 2.51. The van der Waals surface area contributed by atoms with Crippen LogP contribution >= 0.6 is 0 Å². The molecule has 0 bridgehead atoms. The zero-order valence-electron chi connectivity index (χ0n) is 13.2. The summed E-state index contributed by atoms with van der Waals surface area (Å²) in [5, 5.41) is 12.9. The minimum atomic E-state index is 0.0193. The standard InChI is InChI=1S/C16H32N2O2/c1-14(2)9-17-12-16(5-3-4-6-16)13-18-7-8-20-15(10-18)11-19/h14-15,17,19H,3-13H2,1-2H3. The van der Waals surface area contributed by atoms with Crippen molar-refractivity contribution in [3.8, 4) is 0 Å². The molecule has 0 spiro atoms. The van der Waals surface area contributed by atoms with Crippen LogP contribution in [0.2, 0.25) is 0 Å². The van der Waals surface area contributed by atoms with Gasteiger partial charge in [0.1, 0.15) is 0 Å². The molecule has 1 aliphatic heterocycles. The average Bonchev–Trinajstić information content (AvgIpc) is 2.87. The van der Waals surface area contributed by atoms with Crippen molar-refractivity contribution in [2.24, 2.45) is 11.3 Å². The van der Waals surface area contributed by atoms with E-state index in [1.807, 2.05) is 0 Å². The Kier molecular flexibility index (Phi) is 6.27. The number of rotatable bonds is 7. The molecule has 0 aromatic heterocycles. The van der Waals surface area contributed by atoms with Gasteiger partial charge in [0, 0.05) is 26.2 Å². The normalized spacial score (nSPS) is 27.3. The smallest absolute Gasteiger partial charge is 0.0932 e. The summed E-state index contributed by atoms with van der Waals surface area (Å²) < 4.78 is 5.56. The van der Waals surface area contributed by atoms with E-state index in [4.69, 9.17) is 4.74 Å². The van der Waals surface area contributed by atoms with Gasteiger partial charge in [-0.3, -0.25) is 4.90 Å². The molecular weight excluding hydrogens is 252 g/mol. The van der Waals surface area contributed by atoms with Crippen LogP contribution in [-0.4, -0.2) is 62.0 Å². The van der Waals surface area contributed by atoms with Crippen LogP contribution in [0.15, 0.2) is 0 Å². The Morgan fingerprint density at radius 1 is 1.35 bits per heavy atom. The maximum Gasteiger partial charge on any atom is 0.0932 e. The van der Waals surface area contributed by atoms with Crippen LogP contribution in [0.1, 0.15) is 39.5 Å². The maximum absolute atomic E-state index is 9.27. The van der Waals surface area contributed by atoms with Crippen molar-refractivity contribution >= 4 is 0 Å². The predicted molar refractivity (Wildman–Crippen MR) is 81.9 cm³/mol. The quantitative estimate of drug-likeness (QED) is 0.743. The fourth-order valence-electron chi connectivity index (χ4n) is 3.65. The number of aliphatic hydroxyl groups is 1. The van der Waals surface area contributed by atoms with Gasteiger partial charge in [-0.15, -0.1) is 0 Å². The van der Waals surface area contributed by atoms with Crippen molar-refractivity contribution in [2.75, 3.05) is 45.9 Å². The zero-order valence-corrected chi connectivity index (χ0v) is 13.2. The Labute approximate surface area is 123 Å². The number of aliphatic hydroxyl groups excluding tert-OH is 1. The molecule has 0 radical (unpaired) electrons. The molecule has 1 saturated heterocycles. The van der Waals surface area contributed by atoms with Gasteiger partial charge in [-0.1, -0.05) is 26.7 Å². The monoisotopic (exact) mass is 284 g/mol. The summed E-state index contributed by atoms with van der Waals surface area (Å²) in [7, 11) is 0. The Hall–Kier alpha value is -0.160. The molecule has 1 unspecified atom stereocenters. The van der Waals surface area contributed by atoms with E-state index in [0.717, 1.165) is 45.2 Å². The van der Waals surface area contributed by atoms with Crippen molar-refractivity contribution in [1.29, 1.82) is 0 Å². The minimum Gasteiger partial charge on any atom is -0.394 e. The van der Waals surface area contributed by atoms with E-state index in [-0.39, 0.29) is 12.7 Å². The number of hydrogen-bond donors (Lipinski definition) is 2. The second-order valence-electron chi connectivity index (χ2n) is 7.14. The van der Waals surface area contributed by atoms with E-state index in [0.29, 0.717) is 5.41 Å². The Morgan fingerprint density at radius 3 is 2.75 bits per heavy atom. The van der Waals surface area contributed by atoms with E-state index in [1.165, 1.54) is 25.7 Å². The molecular formula is C16H32N2O2. The number of hydrogen-bond acceptors (Lipinski definition) is 4. The molecule has 0 amide bonds. The summed E-state index contributed by atoms with van der Waals surface area (Å²) >= 11 is 0. The highest BCUT2D eigenvalue weighted by Crippen LogP contribution is 2.38. The van der Waals surface area contributed by atoms with Crippen molar-refractivity contribution in [3.63, 3.8) is 0 Å². The van der Waals surface area contributed by atoms with E-state index >= 15 is 0 Å². The maximum atomic E-state index is 9.27. The second kappa shape index (κ2) is 7.74. The van der Waals surface area contributed by atoms with E-state index in [2.05, 4.69) is 24.1 Å². The van der Waals surface area contributed by atoms with Gasteiger partial charge < -0.3 is 15.2 Å². The highest BCUT2D eigenvalue weighted by molar-refractivity contribution is 4.90. The molecule has 2 N–H and O–H groups in total. The van der Waals surface area contributed by atoms with Gasteiger partial charge in [0.15, 0.2) is 0 Å². The molecule has 1 saturated carbocycles. The molecule has 1 heterocycles. The number of nitrogens with one attached hydrogen (secondary N) is 1. The first-order valence-electron chi connectivity index (χ1n) is 8.29. The SMILES string of the molecule is CC(C)CNCC1(CN2CCOC(CO)C2)CCCC1. The van der Waals surface area contributed by atoms with Crippen molar-refractivity contribution in [2.45, 2.75) is 45.6 Å². The third kappa shape index (κ3) is 4.69. The zero-order chi connectivity index (χ0) is 14.4. The third-order valence-corrected chi connectivity index (χ3v) is 4.70. The Bertz CT molecular complexity index is 278. The molecule has 20 heavy (non-hydrogen) atoms. The number of morpholine rings is 1. The summed E-state index contributed by atoms with van der Waals surface area (Å²) in [6.45, 7) is 10.8. The van der Waals surface area contributed by atoms with Crippen molar-refractivity contribution in [3.05, 3.63) is 0 Å². The highest BCUT2D eigenvalue weighted by Gasteiger charge is 2.36. The van der Waals surface area contributed by atoms with Crippen LogP contribution in [0.4, 0.5) is 0 Å². The van der Waals surface area contributed by atoms with Gasteiger partial charge in [-0.2, -0.15) is 0 Å². The molecule has 4 nitrogen and oxygen atoms in total. The van der Waals surface area contributed by atoms with E-state index in [9.17, 15) is 5.11 Å². The van der Waals surface area contributed by atoms with Crippen LogP contribution in [0.3, 0.4) is 0 Å². The van der Waals surface area contributed by atoms with Crippen LogP contribution < -0.4 is 5.32 Å². The fraction of sp³-hybridized carbons (Fsp3) is 1.00. The first-order chi connectivity index (χ1) is 9.63. The lowest BCUT2D eigenvalue weighted by molar-refractivity contribution is -0.0623. The van der Waals surface area contributed by atoms with Crippen LogP contribution in [0, 0.1) is 11.3 Å². The number of nitrogens with zero attached hydrogens (tertiary/aromatic N) is 1. The van der Waals surface area contributed by atoms with E-state index < -0.39 is 0 Å². The molecule has 1 aliphatic carbocycles. The van der Waals surface area contributed by atoms with Crippen molar-refractivity contribution in [1.82, 2.24) is 10.2 Å². The first-order valence-corrected chi connectivity index (χ1v) is 8.29. The second-order valence-corrected chi connectivity index (χ2v) is 7.14. The lowest BCUT2D eigenvalue weighted by Crippen LogP contribution is -2.50. The topological polar surface area (TPSA) is 44.7 Å². The summed E-state index contributed by atoms with van der Waals surface area (Å²) in [6.07, 6.45) is 5.46. The van der Waals surface area contributed by atoms with Gasteiger partial charge in [0.25, 0.3) is 0 Å². The highest BCUT2D eigenvalue weighted by atomic mass is 16.5. The molecule has 0 aromatic rings. The molecule has 2 fully saturated rings.